The average molecular weight is 491 g/mol. The van der Waals surface area contributed by atoms with Crippen molar-refractivity contribution < 1.29 is 13.2 Å². The second-order valence-electron chi connectivity index (χ2n) is 6.50. The molecule has 4 rings (SSSR count). The maximum atomic E-state index is 13.3. The van der Waals surface area contributed by atoms with Gasteiger partial charge < -0.3 is 0 Å². The Hall–Kier alpha value is -2.34. The van der Waals surface area contributed by atoms with E-state index in [2.05, 4.69) is 16.0 Å². The predicted molar refractivity (Wildman–Crippen MR) is 128 cm³/mol. The Balaban J connectivity index is 1.80. The highest BCUT2D eigenvalue weighted by molar-refractivity contribution is 8.20. The number of hydrogen-bond acceptors (Lipinski definition) is 8. The Morgan fingerprint density at radius 1 is 1.19 bits per heavy atom. The molecular weight excluding hydrogens is 473 g/mol. The zero-order valence-electron chi connectivity index (χ0n) is 16.7. The van der Waals surface area contributed by atoms with Crippen molar-refractivity contribution in [1.82, 2.24) is 9.88 Å². The lowest BCUT2D eigenvalue weighted by molar-refractivity contribution is -0.121. The summed E-state index contributed by atoms with van der Waals surface area (Å²) >= 11 is 3.99. The van der Waals surface area contributed by atoms with E-state index < -0.39 is 10.0 Å². The molecule has 1 aromatic carbocycles. The van der Waals surface area contributed by atoms with Gasteiger partial charge in [-0.15, -0.1) is 22.3 Å². The molecule has 0 saturated carbocycles. The molecule has 0 aliphatic carbocycles. The third kappa shape index (κ3) is 4.10. The summed E-state index contributed by atoms with van der Waals surface area (Å²) in [6.07, 6.45) is 3.26. The Labute approximate surface area is 193 Å². The molecule has 7 nitrogen and oxygen atoms in total. The van der Waals surface area contributed by atoms with Crippen molar-refractivity contribution in [2.45, 2.75) is 18.7 Å². The lowest BCUT2D eigenvalue weighted by Gasteiger charge is -2.19. The first-order chi connectivity index (χ1) is 14.8. The number of rotatable bonds is 5. The quantitative estimate of drug-likeness (QED) is 0.447. The minimum Gasteiger partial charge on any atom is -0.282 e. The van der Waals surface area contributed by atoms with Crippen LogP contribution in [0.5, 0.6) is 0 Å². The van der Waals surface area contributed by atoms with E-state index in [1.165, 1.54) is 40.1 Å². The van der Waals surface area contributed by atoms with Crippen molar-refractivity contribution in [3.8, 4) is 0 Å². The van der Waals surface area contributed by atoms with Gasteiger partial charge in [-0.05, 0) is 37.7 Å². The van der Waals surface area contributed by atoms with Gasteiger partial charge in [-0.2, -0.15) is 8.42 Å². The molecular formula is C20H18N4O3S4. The molecule has 11 heteroatoms. The Morgan fingerprint density at radius 2 is 1.94 bits per heavy atom. The first kappa shape index (κ1) is 21.9. The molecule has 1 fully saturated rings. The zero-order valence-corrected chi connectivity index (χ0v) is 19.9. The van der Waals surface area contributed by atoms with Gasteiger partial charge in [0, 0.05) is 28.7 Å². The minimum absolute atomic E-state index is 0.0724. The van der Waals surface area contributed by atoms with Crippen LogP contribution in [0.25, 0.3) is 0 Å². The Bertz CT molecular complexity index is 1230. The van der Waals surface area contributed by atoms with Crippen molar-refractivity contribution in [3.05, 3.63) is 75.1 Å². The highest BCUT2D eigenvalue weighted by atomic mass is 32.2. The number of nitrogens with zero attached hydrogens (tertiary/aromatic N) is 4. The van der Waals surface area contributed by atoms with Crippen molar-refractivity contribution in [2.24, 2.45) is 4.40 Å². The third-order valence-electron chi connectivity index (χ3n) is 4.52. The van der Waals surface area contributed by atoms with Crippen LogP contribution >= 0.6 is 34.9 Å². The second kappa shape index (κ2) is 8.65. The van der Waals surface area contributed by atoms with Gasteiger partial charge in [-0.25, -0.2) is 4.98 Å². The number of allylic oxidation sites excluding steroid dienone is 2. The van der Waals surface area contributed by atoms with Crippen molar-refractivity contribution in [2.75, 3.05) is 11.4 Å². The molecule has 1 saturated heterocycles. The van der Waals surface area contributed by atoms with Gasteiger partial charge in [-0.3, -0.25) is 14.6 Å². The molecule has 0 atom stereocenters. The van der Waals surface area contributed by atoms with Gasteiger partial charge in [-0.1, -0.05) is 36.0 Å². The highest BCUT2D eigenvalue weighted by Crippen LogP contribution is 2.49. The number of carbonyl (C=O) groups excluding carboxylic acids is 1. The van der Waals surface area contributed by atoms with Gasteiger partial charge in [0.05, 0.1) is 4.90 Å². The molecule has 0 unspecified atom stereocenters. The molecule has 2 aliphatic rings. The number of thiazole rings is 1. The number of sulfonamides is 1. The summed E-state index contributed by atoms with van der Waals surface area (Å²) in [5, 5.41) is 3.43. The van der Waals surface area contributed by atoms with Crippen molar-refractivity contribution in [3.63, 3.8) is 0 Å². The summed E-state index contributed by atoms with van der Waals surface area (Å²) in [5.41, 5.74) is 0.980. The second-order valence-corrected chi connectivity index (χ2v) is 11.2. The summed E-state index contributed by atoms with van der Waals surface area (Å²) < 4.78 is 29.6. The van der Waals surface area contributed by atoms with E-state index in [-0.39, 0.29) is 22.5 Å². The normalized spacial score (nSPS) is 21.0. The van der Waals surface area contributed by atoms with Crippen LogP contribution in [0.2, 0.25) is 0 Å². The number of amides is 1. The fourth-order valence-electron chi connectivity index (χ4n) is 2.92. The van der Waals surface area contributed by atoms with Crippen LogP contribution in [0.1, 0.15) is 13.8 Å². The van der Waals surface area contributed by atoms with E-state index in [1.807, 2.05) is 24.1 Å². The molecule has 0 radical (unpaired) electrons. The maximum absolute atomic E-state index is 13.3. The summed E-state index contributed by atoms with van der Waals surface area (Å²) in [6.45, 7) is 7.80. The molecule has 31 heavy (non-hydrogen) atoms. The lowest BCUT2D eigenvalue weighted by atomic mass is 10.4. The summed E-state index contributed by atoms with van der Waals surface area (Å²) in [7, 11) is -3.97. The topological polar surface area (TPSA) is 82.9 Å². The van der Waals surface area contributed by atoms with Gasteiger partial charge >= 0.3 is 0 Å². The van der Waals surface area contributed by atoms with Crippen LogP contribution in [-0.4, -0.2) is 35.9 Å². The van der Waals surface area contributed by atoms with E-state index in [9.17, 15) is 13.2 Å². The first-order valence-electron chi connectivity index (χ1n) is 9.13. The molecule has 3 heterocycles. The van der Waals surface area contributed by atoms with Crippen LogP contribution in [0.15, 0.2) is 84.4 Å². The largest absolute Gasteiger partial charge is 0.284 e. The standard InChI is InChI=1S/C20H18N4O3S4/c1-4-11-23-17(25)16(18-24(13(2)14(3)29-18)19-21-10-12-28-19)30-20(23)22-31(26,27)15-8-6-5-7-9-15/h4-10,12H,1,11H2,2-3H3/b18-16-,22-20?. The molecule has 0 bridgehead atoms. The molecule has 1 amide bonds. The van der Waals surface area contributed by atoms with Crippen LogP contribution in [0.4, 0.5) is 5.13 Å². The van der Waals surface area contributed by atoms with Crippen molar-refractivity contribution >= 4 is 61.1 Å². The fourth-order valence-corrected chi connectivity index (χ4v) is 7.13. The lowest BCUT2D eigenvalue weighted by Crippen LogP contribution is -2.30. The molecule has 1 aromatic heterocycles. The minimum atomic E-state index is -3.97. The molecule has 160 valence electrons. The molecule has 0 N–H and O–H groups in total. The molecule has 2 aromatic rings. The van der Waals surface area contributed by atoms with Crippen LogP contribution in [0.3, 0.4) is 0 Å². The highest BCUT2D eigenvalue weighted by Gasteiger charge is 2.40. The molecule has 0 spiro atoms. The Kier molecular flexibility index (Phi) is 6.11. The van der Waals surface area contributed by atoms with Gasteiger partial charge in [0.25, 0.3) is 15.9 Å². The van der Waals surface area contributed by atoms with E-state index in [1.54, 1.807) is 30.5 Å². The Morgan fingerprint density at radius 3 is 2.58 bits per heavy atom. The number of anilines is 1. The number of amidine groups is 1. The fraction of sp³-hybridized carbons (Fsp3) is 0.150. The zero-order chi connectivity index (χ0) is 22.2. The number of thioether (sulfide) groups is 2. The molecule has 2 aliphatic heterocycles. The average Bonchev–Trinajstić information content (AvgIpc) is 3.44. The summed E-state index contributed by atoms with van der Waals surface area (Å²) in [5.74, 6) is -0.307. The first-order valence-corrected chi connectivity index (χ1v) is 13.1. The summed E-state index contributed by atoms with van der Waals surface area (Å²) in [4.78, 5) is 22.5. The van der Waals surface area contributed by atoms with Gasteiger partial charge in [0.1, 0.15) is 9.93 Å². The number of hydrogen-bond donors (Lipinski definition) is 0. The van der Waals surface area contributed by atoms with E-state index in [0.717, 1.165) is 27.5 Å². The van der Waals surface area contributed by atoms with Gasteiger partial charge in [0.15, 0.2) is 10.3 Å². The SMILES string of the molecule is C=CCN1C(=O)/C(=C2/SC(C)=C(C)N2c2nccs2)SC1=NS(=O)(=O)c1ccccc1. The number of benzene rings is 1. The smallest absolute Gasteiger partial charge is 0.282 e. The number of carbonyl (C=O) groups is 1. The summed E-state index contributed by atoms with van der Waals surface area (Å²) in [6, 6.07) is 7.95. The maximum Gasteiger partial charge on any atom is 0.284 e. The monoisotopic (exact) mass is 490 g/mol. The van der Waals surface area contributed by atoms with E-state index >= 15 is 0 Å². The van der Waals surface area contributed by atoms with Crippen LogP contribution in [-0.2, 0) is 14.8 Å². The number of aromatic nitrogens is 1. The van der Waals surface area contributed by atoms with Gasteiger partial charge in [0.2, 0.25) is 0 Å². The third-order valence-corrected chi connectivity index (χ3v) is 9.05. The van der Waals surface area contributed by atoms with E-state index in [4.69, 9.17) is 0 Å². The van der Waals surface area contributed by atoms with Crippen molar-refractivity contribution in [1.29, 1.82) is 0 Å². The predicted octanol–water partition coefficient (Wildman–Crippen LogP) is 4.62. The van der Waals surface area contributed by atoms with E-state index in [0.29, 0.717) is 9.93 Å². The van der Waals surface area contributed by atoms with Crippen LogP contribution in [0, 0.1) is 0 Å². The van der Waals surface area contributed by atoms with Crippen LogP contribution < -0.4 is 4.90 Å².